The van der Waals surface area contributed by atoms with Crippen molar-refractivity contribution in [2.24, 2.45) is 28.6 Å². The van der Waals surface area contributed by atoms with E-state index in [1.807, 2.05) is 0 Å². The van der Waals surface area contributed by atoms with Crippen LogP contribution in [0.2, 0.25) is 0 Å². The Hall–Kier alpha value is -2.75. The van der Waals surface area contributed by atoms with Crippen LogP contribution in [0.1, 0.15) is 52.9 Å². The molecule has 0 aromatic rings. The molecule has 2 unspecified atom stereocenters. The number of aliphatic hydroxyl groups excluding tert-OH is 1. The van der Waals surface area contributed by atoms with Crippen molar-refractivity contribution in [2.45, 2.75) is 70.2 Å². The van der Waals surface area contributed by atoms with Gasteiger partial charge in [-0.25, -0.2) is 8.78 Å². The van der Waals surface area contributed by atoms with Gasteiger partial charge in [-0.2, -0.15) is 0 Å². The van der Waals surface area contributed by atoms with Gasteiger partial charge in [0.1, 0.15) is 0 Å². The second-order valence-electron chi connectivity index (χ2n) is 11.2. The molecule has 8 atom stereocenters. The van der Waals surface area contributed by atoms with E-state index in [0.29, 0.717) is 0 Å². The zero-order valence-electron chi connectivity index (χ0n) is 21.3. The molecular formula is C27H32F2O8. The molecule has 0 saturated heterocycles. The van der Waals surface area contributed by atoms with Crippen LogP contribution in [0.5, 0.6) is 0 Å². The van der Waals surface area contributed by atoms with Crippen molar-refractivity contribution < 1.29 is 47.3 Å². The number of carbonyl (C=O) groups is 5. The van der Waals surface area contributed by atoms with Crippen LogP contribution >= 0.6 is 0 Å². The first-order chi connectivity index (χ1) is 17.2. The number of Topliss-reactive ketones (excluding diaryl/α,β-unsaturated/α-hetero) is 2. The van der Waals surface area contributed by atoms with Crippen LogP contribution in [-0.4, -0.2) is 65.6 Å². The van der Waals surface area contributed by atoms with E-state index in [4.69, 9.17) is 4.74 Å². The van der Waals surface area contributed by atoms with E-state index >= 15 is 4.39 Å². The van der Waals surface area contributed by atoms with Crippen molar-refractivity contribution >= 4 is 29.3 Å². The lowest BCUT2D eigenvalue weighted by Gasteiger charge is -2.62. The number of methoxy groups -OCH3 is 1. The third-order valence-electron chi connectivity index (χ3n) is 9.60. The standard InChI is InChI=1S/C27H32F2O8/c1-14-9-16-17-11-19(31)18-10-15(30)7-8-24(18,2)26(17,29)20(32)12-25(16,3)27(14,21(33)13-28)37-23(35)6-5-22(34)36-4/h7-8,10,14,16-17,20,32H,5-6,9,11-13H2,1-4H3/t14?,16-,17-,20?,24-,25-,26-,27-/m0/s1. The molecule has 4 aliphatic rings. The zero-order valence-corrected chi connectivity index (χ0v) is 21.3. The van der Waals surface area contributed by atoms with Crippen molar-refractivity contribution in [3.63, 3.8) is 0 Å². The first-order valence-electron chi connectivity index (χ1n) is 12.5. The normalized spacial score (nSPS) is 42.3. The average Bonchev–Trinajstić information content (AvgIpc) is 3.07. The largest absolute Gasteiger partial charge is 0.469 e. The Bertz CT molecular complexity index is 1130. The van der Waals surface area contributed by atoms with Gasteiger partial charge in [0.15, 0.2) is 29.5 Å². The first kappa shape index (κ1) is 27.3. The quantitative estimate of drug-likeness (QED) is 0.528. The lowest BCUT2D eigenvalue weighted by Crippen LogP contribution is -2.71. The highest BCUT2D eigenvalue weighted by Crippen LogP contribution is 2.71. The van der Waals surface area contributed by atoms with Crippen LogP contribution < -0.4 is 0 Å². The second kappa shape index (κ2) is 8.92. The molecule has 0 radical (unpaired) electrons. The van der Waals surface area contributed by atoms with Gasteiger partial charge in [-0.05, 0) is 37.8 Å². The Balaban J connectivity index is 1.79. The molecule has 0 spiro atoms. The van der Waals surface area contributed by atoms with E-state index in [2.05, 4.69) is 4.74 Å². The van der Waals surface area contributed by atoms with Gasteiger partial charge < -0.3 is 14.6 Å². The molecule has 4 aliphatic carbocycles. The molecular weight excluding hydrogens is 490 g/mol. The highest BCUT2D eigenvalue weighted by Gasteiger charge is 2.78. The van der Waals surface area contributed by atoms with Crippen LogP contribution in [0.15, 0.2) is 23.8 Å². The monoisotopic (exact) mass is 522 g/mol. The first-order valence-corrected chi connectivity index (χ1v) is 12.5. The maximum atomic E-state index is 17.3. The Kier molecular flexibility index (Phi) is 6.58. The Morgan fingerprint density at radius 1 is 1.14 bits per heavy atom. The van der Waals surface area contributed by atoms with Crippen molar-refractivity contribution in [1.82, 2.24) is 0 Å². The molecule has 202 valence electrons. The van der Waals surface area contributed by atoms with Crippen molar-refractivity contribution in [3.05, 3.63) is 23.8 Å². The predicted molar refractivity (Wildman–Crippen MR) is 124 cm³/mol. The van der Waals surface area contributed by atoms with Crippen LogP contribution in [0.3, 0.4) is 0 Å². The third kappa shape index (κ3) is 3.51. The molecule has 0 heterocycles. The molecule has 0 aromatic carbocycles. The summed E-state index contributed by atoms with van der Waals surface area (Å²) in [5.41, 5.74) is -7.38. The molecule has 0 bridgehead atoms. The van der Waals surface area contributed by atoms with Gasteiger partial charge in [-0.15, -0.1) is 0 Å². The number of esters is 2. The number of aliphatic hydroxyl groups is 1. The highest BCUT2D eigenvalue weighted by molar-refractivity contribution is 6.10. The van der Waals surface area contributed by atoms with E-state index in [1.165, 1.54) is 19.1 Å². The number of rotatable bonds is 6. The predicted octanol–water partition coefficient (Wildman–Crippen LogP) is 2.56. The molecule has 3 saturated carbocycles. The lowest BCUT2D eigenvalue weighted by molar-refractivity contribution is -0.226. The van der Waals surface area contributed by atoms with Gasteiger partial charge in [-0.1, -0.05) is 19.9 Å². The fourth-order valence-electron chi connectivity index (χ4n) is 7.86. The van der Waals surface area contributed by atoms with E-state index in [1.54, 1.807) is 13.8 Å². The second-order valence-corrected chi connectivity index (χ2v) is 11.2. The summed E-state index contributed by atoms with van der Waals surface area (Å²) < 4.78 is 41.6. The van der Waals surface area contributed by atoms with Crippen LogP contribution in [-0.2, 0) is 33.4 Å². The van der Waals surface area contributed by atoms with Crippen LogP contribution in [0.4, 0.5) is 8.78 Å². The minimum Gasteiger partial charge on any atom is -0.469 e. The lowest BCUT2D eigenvalue weighted by atomic mass is 9.44. The van der Waals surface area contributed by atoms with Gasteiger partial charge in [0.2, 0.25) is 5.78 Å². The summed E-state index contributed by atoms with van der Waals surface area (Å²) in [4.78, 5) is 62.8. The van der Waals surface area contributed by atoms with E-state index in [9.17, 15) is 33.5 Å². The van der Waals surface area contributed by atoms with Crippen molar-refractivity contribution in [2.75, 3.05) is 13.8 Å². The summed E-state index contributed by atoms with van der Waals surface area (Å²) >= 11 is 0. The Morgan fingerprint density at radius 2 is 1.78 bits per heavy atom. The van der Waals surface area contributed by atoms with Gasteiger partial charge in [0, 0.05) is 29.2 Å². The van der Waals surface area contributed by atoms with Gasteiger partial charge >= 0.3 is 11.9 Å². The minimum atomic E-state index is -2.36. The number of alkyl halides is 2. The summed E-state index contributed by atoms with van der Waals surface area (Å²) in [6.07, 6.45) is 0.648. The van der Waals surface area contributed by atoms with E-state index < -0.39 is 88.3 Å². The summed E-state index contributed by atoms with van der Waals surface area (Å²) in [7, 11) is 1.16. The van der Waals surface area contributed by atoms with Crippen LogP contribution in [0.25, 0.3) is 0 Å². The summed E-state index contributed by atoms with van der Waals surface area (Å²) in [6.45, 7) is 3.20. The number of hydrogen-bond donors (Lipinski definition) is 1. The Morgan fingerprint density at radius 3 is 2.41 bits per heavy atom. The molecule has 1 N–H and O–H groups in total. The molecule has 37 heavy (non-hydrogen) atoms. The van der Waals surface area contributed by atoms with E-state index in [0.717, 1.165) is 13.2 Å². The topological polar surface area (TPSA) is 124 Å². The summed E-state index contributed by atoms with van der Waals surface area (Å²) in [6, 6.07) is 0. The molecule has 4 rings (SSSR count). The van der Waals surface area contributed by atoms with Crippen LogP contribution in [0, 0.1) is 28.6 Å². The fraction of sp³-hybridized carbons (Fsp3) is 0.667. The summed E-state index contributed by atoms with van der Waals surface area (Å²) in [5, 5.41) is 11.4. The molecule has 0 amide bonds. The van der Waals surface area contributed by atoms with Gasteiger partial charge in [-0.3, -0.25) is 24.0 Å². The molecule has 3 fully saturated rings. The molecule has 10 heteroatoms. The SMILES string of the molecule is COC(=O)CCC(=O)O[C@]1(C(=O)CF)C(C)C[C@H]2[C@@H]3CC(=O)C4=CC(=O)C=C[C@]4(C)[C@@]3(F)C(O)C[C@@]21C. The van der Waals surface area contributed by atoms with Crippen molar-refractivity contribution in [3.8, 4) is 0 Å². The van der Waals surface area contributed by atoms with Gasteiger partial charge in [0.25, 0.3) is 0 Å². The third-order valence-corrected chi connectivity index (χ3v) is 9.60. The number of carbonyl (C=O) groups excluding carboxylic acids is 5. The minimum absolute atomic E-state index is 0.00668. The van der Waals surface area contributed by atoms with E-state index in [-0.39, 0.29) is 31.3 Å². The van der Waals surface area contributed by atoms with Crippen molar-refractivity contribution in [1.29, 1.82) is 0 Å². The number of ketones is 3. The smallest absolute Gasteiger partial charge is 0.307 e. The number of hydrogen-bond acceptors (Lipinski definition) is 8. The summed E-state index contributed by atoms with van der Waals surface area (Å²) in [5.74, 6) is -6.05. The maximum Gasteiger partial charge on any atom is 0.307 e. The number of fused-ring (bicyclic) bond motifs is 5. The number of halogens is 2. The highest BCUT2D eigenvalue weighted by atomic mass is 19.1. The molecule has 8 nitrogen and oxygen atoms in total. The number of allylic oxidation sites excluding steroid dienone is 4. The molecule has 0 aromatic heterocycles. The van der Waals surface area contributed by atoms with Gasteiger partial charge in [0.05, 0.1) is 31.5 Å². The zero-order chi connectivity index (χ0) is 27.6. The molecule has 0 aliphatic heterocycles. The Labute approximate surface area is 213 Å². The average molecular weight is 523 g/mol. The maximum absolute atomic E-state index is 17.3. The number of ether oxygens (including phenoxy) is 2. The fourth-order valence-corrected chi connectivity index (χ4v) is 7.86.